The second kappa shape index (κ2) is 8.38. The molecule has 1 aliphatic heterocycles. The van der Waals surface area contributed by atoms with Gasteiger partial charge in [0.05, 0.1) is 11.1 Å². The van der Waals surface area contributed by atoms with Crippen molar-refractivity contribution in [1.29, 1.82) is 0 Å². The van der Waals surface area contributed by atoms with Gasteiger partial charge in [-0.15, -0.1) is 5.10 Å². The molecule has 2 aromatic carbocycles. The van der Waals surface area contributed by atoms with Crippen LogP contribution in [0.4, 0.5) is 10.1 Å². The van der Waals surface area contributed by atoms with Gasteiger partial charge in [0, 0.05) is 39.1 Å². The average molecular weight is 395 g/mol. The number of carbonyl (C=O) groups is 1. The van der Waals surface area contributed by atoms with Gasteiger partial charge in [-0.25, -0.2) is 9.07 Å². The van der Waals surface area contributed by atoms with Crippen LogP contribution in [0, 0.1) is 5.82 Å². The molecule has 1 amide bonds. The van der Waals surface area contributed by atoms with Crippen LogP contribution in [-0.2, 0) is 11.3 Å². The zero-order valence-corrected chi connectivity index (χ0v) is 16.0. The number of anilines is 1. The van der Waals surface area contributed by atoms with E-state index < -0.39 is 0 Å². The first-order valence-corrected chi connectivity index (χ1v) is 9.73. The van der Waals surface area contributed by atoms with E-state index in [9.17, 15) is 14.0 Å². The molecule has 1 aromatic heterocycles. The van der Waals surface area contributed by atoms with Crippen LogP contribution in [0.5, 0.6) is 0 Å². The van der Waals surface area contributed by atoms with Crippen molar-refractivity contribution in [1.82, 2.24) is 19.9 Å². The van der Waals surface area contributed by atoms with Crippen molar-refractivity contribution >= 4 is 22.5 Å². The van der Waals surface area contributed by atoms with Gasteiger partial charge >= 0.3 is 0 Å². The summed E-state index contributed by atoms with van der Waals surface area (Å²) in [4.78, 5) is 28.7. The van der Waals surface area contributed by atoms with Gasteiger partial charge in [-0.3, -0.25) is 9.59 Å². The molecular weight excluding hydrogens is 373 g/mol. The number of hydrogen-bond donors (Lipinski definition) is 0. The minimum absolute atomic E-state index is 0.0416. The maximum Gasteiger partial charge on any atom is 0.277 e. The van der Waals surface area contributed by atoms with Gasteiger partial charge in [0.15, 0.2) is 0 Å². The van der Waals surface area contributed by atoms with Gasteiger partial charge in [0.1, 0.15) is 11.3 Å². The number of amides is 1. The van der Waals surface area contributed by atoms with Crippen molar-refractivity contribution in [3.63, 3.8) is 0 Å². The van der Waals surface area contributed by atoms with E-state index >= 15 is 0 Å². The molecule has 150 valence electrons. The van der Waals surface area contributed by atoms with Crippen LogP contribution in [0.3, 0.4) is 0 Å². The topological polar surface area (TPSA) is 71.3 Å². The van der Waals surface area contributed by atoms with Gasteiger partial charge in [0.2, 0.25) is 5.91 Å². The van der Waals surface area contributed by atoms with Crippen LogP contribution in [0.1, 0.15) is 12.8 Å². The summed E-state index contributed by atoms with van der Waals surface area (Å²) in [7, 11) is 0. The quantitative estimate of drug-likeness (QED) is 0.661. The predicted octanol–water partition coefficient (Wildman–Crippen LogP) is 2.06. The highest BCUT2D eigenvalue weighted by molar-refractivity contribution is 5.77. The van der Waals surface area contributed by atoms with Crippen molar-refractivity contribution in [3.05, 3.63) is 64.7 Å². The van der Waals surface area contributed by atoms with Crippen LogP contribution >= 0.6 is 0 Å². The Balaban J connectivity index is 1.29. The molecule has 8 heteroatoms. The number of halogens is 1. The number of benzene rings is 2. The Hall–Kier alpha value is -3.29. The molecule has 7 nitrogen and oxygen atoms in total. The number of para-hydroxylation sites is 1. The molecule has 0 bridgehead atoms. The minimum atomic E-state index is -0.241. The SMILES string of the molecule is O=C(CCCn1nnc2ccccc2c1=O)N1CCN(c2ccccc2F)CC1. The second-order valence-electron chi connectivity index (χ2n) is 7.06. The van der Waals surface area contributed by atoms with Crippen LogP contribution in [-0.4, -0.2) is 52.0 Å². The van der Waals surface area contributed by atoms with Crippen molar-refractivity contribution in [2.45, 2.75) is 19.4 Å². The van der Waals surface area contributed by atoms with Crippen LogP contribution in [0.15, 0.2) is 53.3 Å². The average Bonchev–Trinajstić information content (AvgIpc) is 2.76. The maximum absolute atomic E-state index is 13.9. The standard InChI is InChI=1S/C21H22FN5O2/c22-17-7-2-4-9-19(17)25-12-14-26(15-13-25)20(28)10-5-11-27-21(29)16-6-1-3-8-18(16)23-24-27/h1-4,6-9H,5,10-15H2. The van der Waals surface area contributed by atoms with Crippen molar-refractivity contribution in [2.75, 3.05) is 31.1 Å². The Morgan fingerprint density at radius 2 is 1.72 bits per heavy atom. The molecule has 1 saturated heterocycles. The highest BCUT2D eigenvalue weighted by Gasteiger charge is 2.22. The highest BCUT2D eigenvalue weighted by Crippen LogP contribution is 2.20. The molecule has 0 atom stereocenters. The number of carbonyl (C=O) groups excluding carboxylic acids is 1. The lowest BCUT2D eigenvalue weighted by molar-refractivity contribution is -0.131. The number of aryl methyl sites for hydroxylation is 1. The zero-order chi connectivity index (χ0) is 20.2. The molecule has 0 saturated carbocycles. The van der Waals surface area contributed by atoms with Crippen molar-refractivity contribution in [3.8, 4) is 0 Å². The normalized spacial score (nSPS) is 14.4. The number of hydrogen-bond acceptors (Lipinski definition) is 5. The first-order valence-electron chi connectivity index (χ1n) is 9.73. The summed E-state index contributed by atoms with van der Waals surface area (Å²) < 4.78 is 15.2. The summed E-state index contributed by atoms with van der Waals surface area (Å²) in [5.74, 6) is -0.200. The molecule has 0 unspecified atom stereocenters. The van der Waals surface area contributed by atoms with Crippen molar-refractivity contribution < 1.29 is 9.18 Å². The Kier molecular flexibility index (Phi) is 5.50. The summed E-state index contributed by atoms with van der Waals surface area (Å²) in [6.07, 6.45) is 0.847. The van der Waals surface area contributed by atoms with Gasteiger partial charge in [-0.05, 0) is 30.7 Å². The molecule has 2 heterocycles. The number of rotatable bonds is 5. The number of aromatic nitrogens is 3. The molecule has 1 fully saturated rings. The van der Waals surface area contributed by atoms with Crippen LogP contribution < -0.4 is 10.5 Å². The fourth-order valence-corrected chi connectivity index (χ4v) is 3.61. The zero-order valence-electron chi connectivity index (χ0n) is 16.0. The number of fused-ring (bicyclic) bond motifs is 1. The molecule has 1 aliphatic rings. The monoisotopic (exact) mass is 395 g/mol. The summed E-state index contributed by atoms with van der Waals surface area (Å²) in [6, 6.07) is 13.8. The third-order valence-corrected chi connectivity index (χ3v) is 5.22. The second-order valence-corrected chi connectivity index (χ2v) is 7.06. The lowest BCUT2D eigenvalue weighted by Crippen LogP contribution is -2.49. The fraction of sp³-hybridized carbons (Fsp3) is 0.333. The van der Waals surface area contributed by atoms with Gasteiger partial charge < -0.3 is 9.80 Å². The third kappa shape index (κ3) is 4.11. The van der Waals surface area contributed by atoms with Crippen LogP contribution in [0.2, 0.25) is 0 Å². The number of piperazine rings is 1. The lowest BCUT2D eigenvalue weighted by atomic mass is 10.2. The molecular formula is C21H22FN5O2. The predicted molar refractivity (Wildman–Crippen MR) is 108 cm³/mol. The van der Waals surface area contributed by atoms with E-state index in [0.29, 0.717) is 62.2 Å². The third-order valence-electron chi connectivity index (χ3n) is 5.22. The van der Waals surface area contributed by atoms with E-state index in [1.165, 1.54) is 10.7 Å². The number of nitrogens with zero attached hydrogens (tertiary/aromatic N) is 5. The van der Waals surface area contributed by atoms with Gasteiger partial charge in [-0.2, -0.15) is 0 Å². The summed E-state index contributed by atoms with van der Waals surface area (Å²) in [6.45, 7) is 2.66. The Labute approximate surface area is 167 Å². The van der Waals surface area contributed by atoms with E-state index in [1.807, 2.05) is 17.0 Å². The van der Waals surface area contributed by atoms with Gasteiger partial charge in [0.25, 0.3) is 5.56 Å². The van der Waals surface area contributed by atoms with E-state index in [4.69, 9.17) is 0 Å². The molecule has 29 heavy (non-hydrogen) atoms. The Morgan fingerprint density at radius 1 is 1.00 bits per heavy atom. The van der Waals surface area contributed by atoms with E-state index in [-0.39, 0.29) is 17.3 Å². The van der Waals surface area contributed by atoms with E-state index in [1.54, 1.807) is 35.2 Å². The van der Waals surface area contributed by atoms with Crippen molar-refractivity contribution in [2.24, 2.45) is 0 Å². The Bertz CT molecular complexity index is 1080. The summed E-state index contributed by atoms with van der Waals surface area (Å²) >= 11 is 0. The minimum Gasteiger partial charge on any atom is -0.366 e. The van der Waals surface area contributed by atoms with Gasteiger partial charge in [-0.1, -0.05) is 29.5 Å². The molecule has 0 aliphatic carbocycles. The first kappa shape index (κ1) is 19.0. The van der Waals surface area contributed by atoms with E-state index in [2.05, 4.69) is 10.3 Å². The summed E-state index contributed by atoms with van der Waals surface area (Å²) in [5, 5.41) is 8.54. The maximum atomic E-state index is 13.9. The molecule has 3 aromatic rings. The Morgan fingerprint density at radius 3 is 2.52 bits per heavy atom. The smallest absolute Gasteiger partial charge is 0.277 e. The van der Waals surface area contributed by atoms with Crippen LogP contribution in [0.25, 0.3) is 10.9 Å². The molecule has 0 radical (unpaired) electrons. The lowest BCUT2D eigenvalue weighted by Gasteiger charge is -2.36. The highest BCUT2D eigenvalue weighted by atomic mass is 19.1. The summed E-state index contributed by atoms with van der Waals surface area (Å²) in [5.41, 5.74) is 0.952. The molecule has 4 rings (SSSR count). The molecule has 0 spiro atoms. The first-order chi connectivity index (χ1) is 14.1. The molecule has 0 N–H and O–H groups in total. The van der Waals surface area contributed by atoms with E-state index in [0.717, 1.165) is 0 Å². The largest absolute Gasteiger partial charge is 0.366 e. The fourth-order valence-electron chi connectivity index (χ4n) is 3.61.